The topological polar surface area (TPSA) is 82.8 Å². The van der Waals surface area contributed by atoms with Crippen LogP contribution in [0.2, 0.25) is 0 Å². The molecule has 3 N–H and O–H groups in total. The summed E-state index contributed by atoms with van der Waals surface area (Å²) in [6, 6.07) is 14.2. The Labute approximate surface area is 141 Å². The van der Waals surface area contributed by atoms with Crippen molar-refractivity contribution in [3.8, 4) is 17.2 Å². The molecular formula is C18H22N2O4. The molecule has 2 aromatic carbocycles. The first-order valence-corrected chi connectivity index (χ1v) is 7.56. The largest absolute Gasteiger partial charge is 0.493 e. The highest BCUT2D eigenvalue weighted by Crippen LogP contribution is 2.30. The Bertz CT molecular complexity index is 658. The average Bonchev–Trinajstić information content (AvgIpc) is 2.61. The van der Waals surface area contributed by atoms with E-state index >= 15 is 0 Å². The second-order valence-electron chi connectivity index (χ2n) is 5.18. The van der Waals surface area contributed by atoms with Gasteiger partial charge in [-0.25, -0.2) is 0 Å². The van der Waals surface area contributed by atoms with Gasteiger partial charge in [0.25, 0.3) is 0 Å². The number of nitrogens with two attached hydrogens (primary N) is 1. The van der Waals surface area contributed by atoms with E-state index in [9.17, 15) is 4.79 Å². The number of carbonyl (C=O) groups excluding carboxylic acids is 1. The molecule has 0 aliphatic carbocycles. The molecule has 0 aliphatic rings. The van der Waals surface area contributed by atoms with Crippen LogP contribution in [0.5, 0.6) is 17.2 Å². The second-order valence-corrected chi connectivity index (χ2v) is 5.18. The molecule has 0 saturated heterocycles. The molecule has 2 aromatic rings. The lowest BCUT2D eigenvalue weighted by Crippen LogP contribution is -2.43. The SMILES string of the molecule is COCC(N)C(=O)NCc1ccc(Oc2ccccc2OC)cc1. The monoisotopic (exact) mass is 330 g/mol. The molecule has 6 nitrogen and oxygen atoms in total. The Morgan fingerprint density at radius 2 is 1.75 bits per heavy atom. The van der Waals surface area contributed by atoms with Crippen LogP contribution in [0.25, 0.3) is 0 Å². The van der Waals surface area contributed by atoms with Gasteiger partial charge in [-0.3, -0.25) is 4.79 Å². The predicted octanol–water partition coefficient (Wildman–Crippen LogP) is 2.08. The van der Waals surface area contributed by atoms with E-state index in [0.717, 1.165) is 5.56 Å². The smallest absolute Gasteiger partial charge is 0.239 e. The number of ether oxygens (including phenoxy) is 3. The van der Waals surface area contributed by atoms with Crippen LogP contribution < -0.4 is 20.5 Å². The van der Waals surface area contributed by atoms with Gasteiger partial charge in [0.15, 0.2) is 11.5 Å². The van der Waals surface area contributed by atoms with Crippen LogP contribution in [0.3, 0.4) is 0 Å². The van der Waals surface area contributed by atoms with Gasteiger partial charge in [-0.05, 0) is 29.8 Å². The molecule has 128 valence electrons. The van der Waals surface area contributed by atoms with Crippen LogP contribution in [0.4, 0.5) is 0 Å². The Balaban J connectivity index is 1.92. The molecule has 0 radical (unpaired) electrons. The van der Waals surface area contributed by atoms with Crippen molar-refractivity contribution in [3.63, 3.8) is 0 Å². The van der Waals surface area contributed by atoms with E-state index in [1.54, 1.807) is 7.11 Å². The summed E-state index contributed by atoms with van der Waals surface area (Å²) in [5, 5.41) is 2.77. The van der Waals surface area contributed by atoms with E-state index in [-0.39, 0.29) is 12.5 Å². The maximum absolute atomic E-state index is 11.7. The molecule has 0 heterocycles. The second kappa shape index (κ2) is 8.90. The van der Waals surface area contributed by atoms with E-state index < -0.39 is 6.04 Å². The highest BCUT2D eigenvalue weighted by molar-refractivity contribution is 5.81. The van der Waals surface area contributed by atoms with Gasteiger partial charge in [0.05, 0.1) is 13.7 Å². The number of carbonyl (C=O) groups is 1. The summed E-state index contributed by atoms with van der Waals surface area (Å²) in [5.41, 5.74) is 6.61. The number of benzene rings is 2. The van der Waals surface area contributed by atoms with Crippen molar-refractivity contribution in [2.24, 2.45) is 5.73 Å². The highest BCUT2D eigenvalue weighted by atomic mass is 16.5. The Morgan fingerprint density at radius 3 is 2.38 bits per heavy atom. The quantitative estimate of drug-likeness (QED) is 0.774. The zero-order valence-corrected chi connectivity index (χ0v) is 13.8. The Hall–Kier alpha value is -2.57. The van der Waals surface area contributed by atoms with Gasteiger partial charge in [0.1, 0.15) is 11.8 Å². The molecule has 1 unspecified atom stereocenters. The molecular weight excluding hydrogens is 308 g/mol. The first-order chi connectivity index (χ1) is 11.6. The third-order valence-corrected chi connectivity index (χ3v) is 3.37. The van der Waals surface area contributed by atoms with E-state index in [2.05, 4.69) is 5.32 Å². The fourth-order valence-corrected chi connectivity index (χ4v) is 2.08. The molecule has 0 aliphatic heterocycles. The number of rotatable bonds is 8. The maximum atomic E-state index is 11.7. The standard InChI is InChI=1S/C18H22N2O4/c1-22-12-15(19)18(21)20-11-13-7-9-14(10-8-13)24-17-6-4-3-5-16(17)23-2/h3-10,15H,11-12,19H2,1-2H3,(H,20,21). The van der Waals surface area contributed by atoms with Crippen LogP contribution in [-0.4, -0.2) is 32.8 Å². The number of hydrogen-bond donors (Lipinski definition) is 2. The van der Waals surface area contributed by atoms with E-state index in [1.807, 2.05) is 48.5 Å². The lowest BCUT2D eigenvalue weighted by atomic mass is 10.2. The minimum Gasteiger partial charge on any atom is -0.493 e. The third kappa shape index (κ3) is 4.97. The average molecular weight is 330 g/mol. The number of nitrogens with one attached hydrogen (secondary N) is 1. The third-order valence-electron chi connectivity index (χ3n) is 3.37. The molecule has 2 rings (SSSR count). The summed E-state index contributed by atoms with van der Waals surface area (Å²) in [6.07, 6.45) is 0. The van der Waals surface area contributed by atoms with Crippen molar-refractivity contribution in [2.45, 2.75) is 12.6 Å². The molecule has 0 aromatic heterocycles. The fourth-order valence-electron chi connectivity index (χ4n) is 2.08. The molecule has 1 amide bonds. The number of para-hydroxylation sites is 2. The fraction of sp³-hybridized carbons (Fsp3) is 0.278. The predicted molar refractivity (Wildman–Crippen MR) is 91.2 cm³/mol. The lowest BCUT2D eigenvalue weighted by Gasteiger charge is -2.12. The molecule has 6 heteroatoms. The van der Waals surface area contributed by atoms with E-state index in [1.165, 1.54) is 7.11 Å². The van der Waals surface area contributed by atoms with E-state index in [0.29, 0.717) is 23.8 Å². The first kappa shape index (κ1) is 17.8. The molecule has 0 bridgehead atoms. The minimum absolute atomic E-state index is 0.192. The van der Waals surface area contributed by atoms with Gasteiger partial charge in [0, 0.05) is 13.7 Å². The van der Waals surface area contributed by atoms with Crippen LogP contribution in [0.1, 0.15) is 5.56 Å². The Morgan fingerprint density at radius 1 is 1.08 bits per heavy atom. The highest BCUT2D eigenvalue weighted by Gasteiger charge is 2.12. The number of methoxy groups -OCH3 is 2. The maximum Gasteiger partial charge on any atom is 0.239 e. The Kier molecular flexibility index (Phi) is 6.60. The van der Waals surface area contributed by atoms with Gasteiger partial charge in [-0.2, -0.15) is 0 Å². The lowest BCUT2D eigenvalue weighted by molar-refractivity contribution is -0.123. The molecule has 0 saturated carbocycles. The summed E-state index contributed by atoms with van der Waals surface area (Å²) < 4.78 is 15.9. The number of amides is 1. The zero-order valence-electron chi connectivity index (χ0n) is 13.8. The molecule has 1 atom stereocenters. The summed E-state index contributed by atoms with van der Waals surface area (Å²) in [5.74, 6) is 1.75. The van der Waals surface area contributed by atoms with Crippen LogP contribution in [0.15, 0.2) is 48.5 Å². The van der Waals surface area contributed by atoms with Crippen molar-refractivity contribution in [1.82, 2.24) is 5.32 Å². The van der Waals surface area contributed by atoms with Crippen LogP contribution >= 0.6 is 0 Å². The van der Waals surface area contributed by atoms with Gasteiger partial charge in [-0.1, -0.05) is 24.3 Å². The van der Waals surface area contributed by atoms with Gasteiger partial charge in [-0.15, -0.1) is 0 Å². The number of hydrogen-bond acceptors (Lipinski definition) is 5. The molecule has 0 fully saturated rings. The normalized spacial score (nSPS) is 11.6. The van der Waals surface area contributed by atoms with Crippen molar-refractivity contribution in [1.29, 1.82) is 0 Å². The summed E-state index contributed by atoms with van der Waals surface area (Å²) in [6.45, 7) is 0.586. The van der Waals surface area contributed by atoms with Gasteiger partial charge < -0.3 is 25.3 Å². The summed E-state index contributed by atoms with van der Waals surface area (Å²) in [7, 11) is 3.11. The minimum atomic E-state index is -0.664. The van der Waals surface area contributed by atoms with Gasteiger partial charge >= 0.3 is 0 Å². The van der Waals surface area contributed by atoms with Crippen molar-refractivity contribution >= 4 is 5.91 Å². The van der Waals surface area contributed by atoms with Gasteiger partial charge in [0.2, 0.25) is 5.91 Å². The molecule has 0 spiro atoms. The summed E-state index contributed by atoms with van der Waals surface area (Å²) in [4.78, 5) is 11.7. The summed E-state index contributed by atoms with van der Waals surface area (Å²) >= 11 is 0. The van der Waals surface area contributed by atoms with Crippen molar-refractivity contribution in [2.75, 3.05) is 20.8 Å². The molecule has 24 heavy (non-hydrogen) atoms. The van der Waals surface area contributed by atoms with Crippen LogP contribution in [0, 0.1) is 0 Å². The van der Waals surface area contributed by atoms with Crippen LogP contribution in [-0.2, 0) is 16.1 Å². The zero-order chi connectivity index (χ0) is 17.4. The van der Waals surface area contributed by atoms with E-state index in [4.69, 9.17) is 19.9 Å². The van der Waals surface area contributed by atoms with Crippen molar-refractivity contribution < 1.29 is 19.0 Å². The van der Waals surface area contributed by atoms with Crippen molar-refractivity contribution in [3.05, 3.63) is 54.1 Å². The first-order valence-electron chi connectivity index (χ1n) is 7.56.